The maximum Gasteiger partial charge on any atom is 0.333 e. The summed E-state index contributed by atoms with van der Waals surface area (Å²) in [5.74, 6) is -0.874. The van der Waals surface area contributed by atoms with E-state index < -0.39 is 17.4 Å². The maximum absolute atomic E-state index is 12.4. The van der Waals surface area contributed by atoms with Gasteiger partial charge < -0.3 is 14.4 Å². The molecule has 6 nitrogen and oxygen atoms in total. The number of carbonyl (C=O) groups excluding carboxylic acids is 2. The van der Waals surface area contributed by atoms with Crippen LogP contribution in [0.3, 0.4) is 0 Å². The zero-order valence-corrected chi connectivity index (χ0v) is 26.9. The summed E-state index contributed by atoms with van der Waals surface area (Å²) in [6, 6.07) is 28.6. The average molecular weight is 611 g/mol. The first-order chi connectivity index (χ1) is 22.1. The van der Waals surface area contributed by atoms with E-state index in [-0.39, 0.29) is 13.2 Å². The lowest BCUT2D eigenvalue weighted by molar-refractivity contribution is -0.139. The van der Waals surface area contributed by atoms with Gasteiger partial charge in [0.15, 0.2) is 5.69 Å². The fourth-order valence-corrected chi connectivity index (χ4v) is 6.37. The average Bonchev–Trinajstić information content (AvgIpc) is 3.31. The third kappa shape index (κ3) is 6.09. The van der Waals surface area contributed by atoms with Crippen molar-refractivity contribution in [3.63, 3.8) is 0 Å². The molecule has 0 radical (unpaired) electrons. The summed E-state index contributed by atoms with van der Waals surface area (Å²) in [4.78, 5) is 30.7. The molecule has 0 aliphatic heterocycles. The molecule has 0 fully saturated rings. The van der Waals surface area contributed by atoms with Crippen LogP contribution in [-0.4, -0.2) is 25.2 Å². The summed E-state index contributed by atoms with van der Waals surface area (Å²) < 4.78 is 11.3. The lowest BCUT2D eigenvalue weighted by Crippen LogP contribution is -2.30. The number of carbonyl (C=O) groups is 2. The second-order valence-electron chi connectivity index (χ2n) is 11.9. The van der Waals surface area contributed by atoms with Gasteiger partial charge >= 0.3 is 11.9 Å². The Hall–Kier alpha value is -5.41. The minimum atomic E-state index is -0.618. The fraction of sp³-hybridized carbons (Fsp3) is 0.225. The third-order valence-corrected chi connectivity index (χ3v) is 8.63. The van der Waals surface area contributed by atoms with Gasteiger partial charge in [-0.15, -0.1) is 0 Å². The molecule has 0 saturated heterocycles. The molecule has 0 bridgehead atoms. The van der Waals surface area contributed by atoms with Crippen molar-refractivity contribution in [2.24, 2.45) is 0 Å². The monoisotopic (exact) mass is 610 g/mol. The zero-order chi connectivity index (χ0) is 33.0. The molecule has 0 heterocycles. The van der Waals surface area contributed by atoms with E-state index in [4.69, 9.17) is 16.0 Å². The normalized spacial score (nSPS) is 12.3. The highest BCUT2D eigenvalue weighted by Gasteiger charge is 2.43. The topological polar surface area (TPSA) is 60.2 Å². The van der Waals surface area contributed by atoms with E-state index in [1.165, 1.54) is 0 Å². The highest BCUT2D eigenvalue weighted by atomic mass is 16.5. The molecule has 0 spiro atoms. The zero-order valence-electron chi connectivity index (χ0n) is 26.9. The molecule has 4 aromatic rings. The van der Waals surface area contributed by atoms with Crippen molar-refractivity contribution < 1.29 is 19.1 Å². The van der Waals surface area contributed by atoms with Crippen LogP contribution in [0.2, 0.25) is 0 Å². The fourth-order valence-electron chi connectivity index (χ4n) is 6.37. The van der Waals surface area contributed by atoms with Gasteiger partial charge in [-0.1, -0.05) is 73.8 Å². The van der Waals surface area contributed by atoms with Crippen LogP contribution < -0.4 is 4.90 Å². The van der Waals surface area contributed by atoms with Crippen LogP contribution in [0.1, 0.15) is 48.9 Å². The molecule has 0 unspecified atom stereocenters. The molecule has 1 aliphatic rings. The molecule has 6 heteroatoms. The van der Waals surface area contributed by atoms with Crippen LogP contribution in [0.25, 0.3) is 16.0 Å². The van der Waals surface area contributed by atoms with Gasteiger partial charge in [-0.05, 0) is 98.2 Å². The van der Waals surface area contributed by atoms with Crippen LogP contribution in [-0.2, 0) is 24.5 Å². The molecular formula is C40H38N2O4. The smallest absolute Gasteiger partial charge is 0.333 e. The number of esters is 2. The Morgan fingerprint density at radius 3 is 1.85 bits per heavy atom. The van der Waals surface area contributed by atoms with E-state index in [0.717, 1.165) is 50.4 Å². The molecule has 0 N–H and O–H groups in total. The van der Waals surface area contributed by atoms with Gasteiger partial charge in [0.05, 0.1) is 25.5 Å². The predicted molar refractivity (Wildman–Crippen MR) is 184 cm³/mol. The molecule has 5 rings (SSSR count). The number of ether oxygens (including phenoxy) is 2. The Morgan fingerprint density at radius 2 is 1.28 bits per heavy atom. The molecule has 0 saturated carbocycles. The summed E-state index contributed by atoms with van der Waals surface area (Å²) in [5, 5.41) is 0. The van der Waals surface area contributed by atoms with Gasteiger partial charge in [0.25, 0.3) is 0 Å². The number of benzene rings is 4. The summed E-state index contributed by atoms with van der Waals surface area (Å²) in [6.45, 7) is 22.7. The molecule has 4 aromatic carbocycles. The molecule has 46 heavy (non-hydrogen) atoms. The standard InChI is InChI=1S/C40H38N2O4/c1-26(2)38(43)45-23-21-40(22-24-46-39(44)27(3)4)35-14-9-8-13-33(35)34-20-19-32(25-36(34)40)42(31-17-15-30(41-7)16-18-31)37-28(5)11-10-12-29(37)6/h8-20,25H,1,3,21-24H2,2,4-6H3. The largest absolute Gasteiger partial charge is 0.462 e. The Bertz CT molecular complexity index is 1830. The van der Waals surface area contributed by atoms with Crippen LogP contribution in [0.15, 0.2) is 109 Å². The number of anilines is 3. The van der Waals surface area contributed by atoms with Gasteiger partial charge in [-0.2, -0.15) is 0 Å². The predicted octanol–water partition coefficient (Wildman–Crippen LogP) is 9.61. The highest BCUT2D eigenvalue weighted by Crippen LogP contribution is 2.54. The molecule has 0 amide bonds. The van der Waals surface area contributed by atoms with E-state index in [9.17, 15) is 9.59 Å². The van der Waals surface area contributed by atoms with Crippen LogP contribution in [0.5, 0.6) is 0 Å². The van der Waals surface area contributed by atoms with Gasteiger partial charge in [0, 0.05) is 27.9 Å². The van der Waals surface area contributed by atoms with Gasteiger partial charge in [0.2, 0.25) is 0 Å². The van der Waals surface area contributed by atoms with E-state index in [2.05, 4.69) is 85.3 Å². The Balaban J connectivity index is 1.69. The Morgan fingerprint density at radius 1 is 0.739 bits per heavy atom. The van der Waals surface area contributed by atoms with Crippen molar-refractivity contribution in [1.82, 2.24) is 0 Å². The summed E-state index contributed by atoms with van der Waals surface area (Å²) >= 11 is 0. The van der Waals surface area contributed by atoms with E-state index in [0.29, 0.717) is 29.7 Å². The van der Waals surface area contributed by atoms with Gasteiger partial charge in [-0.25, -0.2) is 14.4 Å². The second-order valence-corrected chi connectivity index (χ2v) is 11.9. The second kappa shape index (κ2) is 13.3. The number of hydrogen-bond donors (Lipinski definition) is 0. The summed E-state index contributed by atoms with van der Waals surface area (Å²) in [7, 11) is 0. The minimum absolute atomic E-state index is 0.164. The first-order valence-corrected chi connectivity index (χ1v) is 15.3. The van der Waals surface area contributed by atoms with Crippen molar-refractivity contribution >= 4 is 34.7 Å². The Kier molecular flexibility index (Phi) is 9.25. The van der Waals surface area contributed by atoms with Crippen molar-refractivity contribution in [1.29, 1.82) is 0 Å². The third-order valence-electron chi connectivity index (χ3n) is 8.63. The minimum Gasteiger partial charge on any atom is -0.462 e. The number of aryl methyl sites for hydroxylation is 2. The quantitative estimate of drug-likeness (QED) is 0.0961. The van der Waals surface area contributed by atoms with Crippen LogP contribution in [0, 0.1) is 20.4 Å². The van der Waals surface area contributed by atoms with Crippen molar-refractivity contribution in [2.75, 3.05) is 18.1 Å². The summed E-state index contributed by atoms with van der Waals surface area (Å²) in [5.41, 5.74) is 10.1. The molecule has 232 valence electrons. The van der Waals surface area contributed by atoms with Crippen LogP contribution in [0.4, 0.5) is 22.7 Å². The van der Waals surface area contributed by atoms with Crippen molar-refractivity contribution in [2.45, 2.75) is 46.0 Å². The first-order valence-electron chi connectivity index (χ1n) is 15.3. The van der Waals surface area contributed by atoms with Gasteiger partial charge in [-0.3, -0.25) is 0 Å². The molecule has 0 aromatic heterocycles. The number of nitrogens with zero attached hydrogens (tertiary/aromatic N) is 2. The maximum atomic E-state index is 12.4. The van der Waals surface area contributed by atoms with Crippen LogP contribution >= 0.6 is 0 Å². The number of hydrogen-bond acceptors (Lipinski definition) is 5. The first kappa shape index (κ1) is 32.0. The van der Waals surface area contributed by atoms with E-state index in [1.54, 1.807) is 13.8 Å². The molecular weight excluding hydrogens is 572 g/mol. The highest BCUT2D eigenvalue weighted by molar-refractivity contribution is 5.89. The lowest BCUT2D eigenvalue weighted by Gasteiger charge is -2.34. The van der Waals surface area contributed by atoms with Crippen molar-refractivity contribution in [3.8, 4) is 11.1 Å². The lowest BCUT2D eigenvalue weighted by atomic mass is 9.73. The SMILES string of the molecule is [C-]#[N+]c1ccc(N(c2ccc3c(c2)C(CCOC(=O)C(=C)C)(CCOC(=O)C(=C)C)c2ccccc2-3)c2c(C)cccc2C)cc1. The number of para-hydroxylation sites is 1. The number of rotatable bonds is 11. The molecule has 1 aliphatic carbocycles. The number of fused-ring (bicyclic) bond motifs is 3. The molecule has 0 atom stereocenters. The van der Waals surface area contributed by atoms with Gasteiger partial charge in [0.1, 0.15) is 0 Å². The summed E-state index contributed by atoms with van der Waals surface area (Å²) in [6.07, 6.45) is 0.959. The van der Waals surface area contributed by atoms with E-state index >= 15 is 0 Å². The van der Waals surface area contributed by atoms with Crippen molar-refractivity contribution in [3.05, 3.63) is 143 Å². The van der Waals surface area contributed by atoms with E-state index in [1.807, 2.05) is 36.4 Å². The Labute approximate surface area is 271 Å².